The minimum atomic E-state index is -1.10. The Balaban J connectivity index is 2.06. The van der Waals surface area contributed by atoms with Crippen molar-refractivity contribution in [1.82, 2.24) is 0 Å². The number of fused-ring (bicyclic) bond motifs is 1. The first kappa shape index (κ1) is 11.6. The molecule has 0 saturated heterocycles. The van der Waals surface area contributed by atoms with Crippen LogP contribution in [0.2, 0.25) is 0 Å². The molecule has 2 aromatic rings. The molecular formula is C15H12O4. The molecule has 4 heteroatoms. The van der Waals surface area contributed by atoms with E-state index in [2.05, 4.69) is 0 Å². The van der Waals surface area contributed by atoms with Gasteiger partial charge in [-0.05, 0) is 35.9 Å². The minimum Gasteiger partial charge on any atom is -0.508 e. The molecule has 0 aromatic heterocycles. The Morgan fingerprint density at radius 3 is 2.32 bits per heavy atom. The fraction of sp³-hybridized carbons (Fsp3) is 0.0667. The van der Waals surface area contributed by atoms with Gasteiger partial charge in [0.05, 0.1) is 0 Å². The number of benzene rings is 2. The van der Waals surface area contributed by atoms with Crippen molar-refractivity contribution in [1.29, 1.82) is 0 Å². The lowest BCUT2D eigenvalue weighted by molar-refractivity contribution is 0.0318. The van der Waals surface area contributed by atoms with Crippen LogP contribution in [-0.4, -0.2) is 21.6 Å². The van der Waals surface area contributed by atoms with Crippen LogP contribution in [0.3, 0.4) is 0 Å². The Bertz CT molecular complexity index is 644. The van der Waals surface area contributed by atoms with Gasteiger partial charge < -0.3 is 20.1 Å². The summed E-state index contributed by atoms with van der Waals surface area (Å²) in [5.41, 5.74) is 2.16. The van der Waals surface area contributed by atoms with Gasteiger partial charge in [0, 0.05) is 17.2 Å². The zero-order chi connectivity index (χ0) is 13.4. The van der Waals surface area contributed by atoms with Crippen LogP contribution in [0.1, 0.15) is 11.1 Å². The van der Waals surface area contributed by atoms with E-state index >= 15 is 0 Å². The van der Waals surface area contributed by atoms with Crippen molar-refractivity contribution >= 4 is 11.6 Å². The van der Waals surface area contributed by atoms with Crippen molar-refractivity contribution in [3.05, 3.63) is 53.6 Å². The highest BCUT2D eigenvalue weighted by molar-refractivity contribution is 5.86. The van der Waals surface area contributed by atoms with Crippen LogP contribution in [0.5, 0.6) is 17.2 Å². The molecular weight excluding hydrogens is 244 g/mol. The average molecular weight is 256 g/mol. The van der Waals surface area contributed by atoms with Crippen LogP contribution >= 0.6 is 0 Å². The standard InChI is InChI=1S/C15H12O4/c16-11-4-1-9(2-5-11)13-7-10-3-6-12(17)8-14(10)19-15(13)18/h1-8,15-18H. The first-order valence-corrected chi connectivity index (χ1v) is 5.82. The zero-order valence-electron chi connectivity index (χ0n) is 9.95. The summed E-state index contributed by atoms with van der Waals surface area (Å²) in [5.74, 6) is 0.698. The van der Waals surface area contributed by atoms with Crippen LogP contribution < -0.4 is 4.74 Å². The summed E-state index contributed by atoms with van der Waals surface area (Å²) in [4.78, 5) is 0. The Hall–Kier alpha value is -2.46. The summed E-state index contributed by atoms with van der Waals surface area (Å²) in [6, 6.07) is 11.3. The van der Waals surface area contributed by atoms with E-state index in [-0.39, 0.29) is 11.5 Å². The third-order valence-electron chi connectivity index (χ3n) is 3.01. The van der Waals surface area contributed by atoms with Gasteiger partial charge in [0.25, 0.3) is 0 Å². The van der Waals surface area contributed by atoms with E-state index in [0.29, 0.717) is 11.3 Å². The van der Waals surface area contributed by atoms with E-state index in [1.54, 1.807) is 42.5 Å². The predicted octanol–water partition coefficient (Wildman–Crippen LogP) is 2.35. The number of rotatable bonds is 1. The lowest BCUT2D eigenvalue weighted by Gasteiger charge is -2.23. The van der Waals surface area contributed by atoms with Crippen LogP contribution in [0.15, 0.2) is 42.5 Å². The molecule has 0 amide bonds. The Morgan fingerprint density at radius 2 is 1.58 bits per heavy atom. The van der Waals surface area contributed by atoms with E-state index < -0.39 is 6.29 Å². The van der Waals surface area contributed by atoms with Gasteiger partial charge in [-0.15, -0.1) is 0 Å². The fourth-order valence-corrected chi connectivity index (χ4v) is 2.05. The zero-order valence-corrected chi connectivity index (χ0v) is 9.95. The number of ether oxygens (including phenoxy) is 1. The largest absolute Gasteiger partial charge is 0.508 e. The topological polar surface area (TPSA) is 69.9 Å². The van der Waals surface area contributed by atoms with E-state index in [1.165, 1.54) is 6.07 Å². The lowest BCUT2D eigenvalue weighted by Crippen LogP contribution is -2.20. The first-order valence-electron chi connectivity index (χ1n) is 5.82. The number of aliphatic hydroxyl groups excluding tert-OH is 1. The highest BCUT2D eigenvalue weighted by atomic mass is 16.6. The molecule has 2 aromatic carbocycles. The molecule has 4 nitrogen and oxygen atoms in total. The van der Waals surface area contributed by atoms with Crippen molar-refractivity contribution in [2.24, 2.45) is 0 Å². The number of aliphatic hydroxyl groups is 1. The summed E-state index contributed by atoms with van der Waals surface area (Å²) in [6.45, 7) is 0. The van der Waals surface area contributed by atoms with Crippen molar-refractivity contribution in [3.63, 3.8) is 0 Å². The van der Waals surface area contributed by atoms with E-state index in [9.17, 15) is 15.3 Å². The van der Waals surface area contributed by atoms with Crippen LogP contribution in [0.4, 0.5) is 0 Å². The van der Waals surface area contributed by atoms with Crippen LogP contribution in [-0.2, 0) is 0 Å². The van der Waals surface area contributed by atoms with Crippen molar-refractivity contribution in [2.75, 3.05) is 0 Å². The summed E-state index contributed by atoms with van der Waals surface area (Å²) >= 11 is 0. The highest BCUT2D eigenvalue weighted by Crippen LogP contribution is 2.35. The fourth-order valence-electron chi connectivity index (χ4n) is 2.05. The van der Waals surface area contributed by atoms with Crippen molar-refractivity contribution < 1.29 is 20.1 Å². The normalized spacial score (nSPS) is 17.3. The number of hydrogen-bond acceptors (Lipinski definition) is 4. The molecule has 1 aliphatic heterocycles. The summed E-state index contributed by atoms with van der Waals surface area (Å²) in [5, 5.41) is 28.6. The maximum atomic E-state index is 9.99. The second-order valence-corrected chi connectivity index (χ2v) is 4.34. The number of aromatic hydroxyl groups is 2. The van der Waals surface area contributed by atoms with Crippen LogP contribution in [0, 0.1) is 0 Å². The molecule has 19 heavy (non-hydrogen) atoms. The minimum absolute atomic E-state index is 0.0902. The van der Waals surface area contributed by atoms with Gasteiger partial charge in [-0.1, -0.05) is 12.1 Å². The summed E-state index contributed by atoms with van der Waals surface area (Å²) in [6.07, 6.45) is 0.703. The summed E-state index contributed by atoms with van der Waals surface area (Å²) < 4.78 is 5.37. The molecule has 0 saturated carbocycles. The molecule has 0 aliphatic carbocycles. The van der Waals surface area contributed by atoms with E-state index in [4.69, 9.17) is 4.74 Å². The van der Waals surface area contributed by atoms with Gasteiger partial charge >= 0.3 is 0 Å². The third-order valence-corrected chi connectivity index (χ3v) is 3.01. The molecule has 0 fully saturated rings. The quantitative estimate of drug-likeness (QED) is 0.732. The first-order chi connectivity index (χ1) is 9.13. The molecule has 0 bridgehead atoms. The van der Waals surface area contributed by atoms with Gasteiger partial charge in [0.2, 0.25) is 6.29 Å². The molecule has 3 N–H and O–H groups in total. The van der Waals surface area contributed by atoms with Gasteiger partial charge in [0.15, 0.2) is 0 Å². The van der Waals surface area contributed by atoms with Gasteiger partial charge in [-0.3, -0.25) is 0 Å². The number of phenolic OH excluding ortho intramolecular Hbond substituents is 2. The number of phenols is 2. The molecule has 0 spiro atoms. The molecule has 0 radical (unpaired) electrons. The maximum absolute atomic E-state index is 9.99. The monoisotopic (exact) mass is 256 g/mol. The second-order valence-electron chi connectivity index (χ2n) is 4.34. The van der Waals surface area contributed by atoms with Gasteiger partial charge in [-0.25, -0.2) is 0 Å². The Morgan fingerprint density at radius 1 is 0.895 bits per heavy atom. The molecule has 96 valence electrons. The average Bonchev–Trinajstić information content (AvgIpc) is 2.39. The molecule has 1 aliphatic rings. The molecule has 1 heterocycles. The predicted molar refractivity (Wildman–Crippen MR) is 70.7 cm³/mol. The van der Waals surface area contributed by atoms with Crippen LogP contribution in [0.25, 0.3) is 11.6 Å². The van der Waals surface area contributed by atoms with Gasteiger partial charge in [0.1, 0.15) is 17.2 Å². The second kappa shape index (κ2) is 4.33. The Kier molecular flexibility index (Phi) is 2.65. The smallest absolute Gasteiger partial charge is 0.224 e. The molecule has 1 atom stereocenters. The SMILES string of the molecule is Oc1ccc(C2=Cc3ccc(O)cc3OC2O)cc1. The summed E-state index contributed by atoms with van der Waals surface area (Å²) in [7, 11) is 0. The van der Waals surface area contributed by atoms with Crippen molar-refractivity contribution in [2.45, 2.75) is 6.29 Å². The Labute approximate surface area is 109 Å². The van der Waals surface area contributed by atoms with Crippen molar-refractivity contribution in [3.8, 4) is 17.2 Å². The van der Waals surface area contributed by atoms with E-state index in [1.807, 2.05) is 0 Å². The third kappa shape index (κ3) is 2.13. The lowest BCUT2D eigenvalue weighted by atomic mass is 9.99. The highest BCUT2D eigenvalue weighted by Gasteiger charge is 2.21. The van der Waals surface area contributed by atoms with Gasteiger partial charge in [-0.2, -0.15) is 0 Å². The molecule has 3 rings (SSSR count). The molecule has 1 unspecified atom stereocenters. The number of hydrogen-bond donors (Lipinski definition) is 3. The maximum Gasteiger partial charge on any atom is 0.224 e. The van der Waals surface area contributed by atoms with E-state index in [0.717, 1.165) is 11.1 Å².